The fourth-order valence-corrected chi connectivity index (χ4v) is 3.31. The standard InChI is InChI=1S/C20H22O3.C7H7NO2/c1-3-4-15-20(23-2,18(21)16-11-7-5-8-12-16)19(22)17-13-9-6-10-14-17;8-6-3-1-5(2-4-6)7(9)10/h5-14H,3-4,15H2,1-2H3;1-4H,8H2,(H,9,10). The van der Waals surface area contributed by atoms with Gasteiger partial charge in [-0.05, 0) is 37.1 Å². The second-order valence-corrected chi connectivity index (χ2v) is 7.45. The molecule has 0 bridgehead atoms. The van der Waals surface area contributed by atoms with Gasteiger partial charge in [-0.1, -0.05) is 74.0 Å². The first-order chi connectivity index (χ1) is 15.9. The van der Waals surface area contributed by atoms with Gasteiger partial charge < -0.3 is 15.6 Å². The molecular weight excluding hydrogens is 418 g/mol. The third-order valence-electron chi connectivity index (χ3n) is 5.19. The highest BCUT2D eigenvalue weighted by molar-refractivity contribution is 6.22. The van der Waals surface area contributed by atoms with Gasteiger partial charge in [0.1, 0.15) is 0 Å². The number of carbonyl (C=O) groups is 3. The minimum atomic E-state index is -1.46. The Kier molecular flexibility index (Phi) is 9.51. The summed E-state index contributed by atoms with van der Waals surface area (Å²) in [7, 11) is 1.44. The van der Waals surface area contributed by atoms with Crippen molar-refractivity contribution in [2.24, 2.45) is 0 Å². The number of aromatic carboxylic acids is 1. The smallest absolute Gasteiger partial charge is 0.335 e. The predicted molar refractivity (Wildman–Crippen MR) is 129 cm³/mol. The Morgan fingerprint density at radius 2 is 1.24 bits per heavy atom. The summed E-state index contributed by atoms with van der Waals surface area (Å²) in [5.41, 5.74) is 5.70. The number of anilines is 1. The highest BCUT2D eigenvalue weighted by Crippen LogP contribution is 2.28. The van der Waals surface area contributed by atoms with Crippen LogP contribution in [-0.2, 0) is 4.74 Å². The number of methoxy groups -OCH3 is 1. The Balaban J connectivity index is 0.000000321. The van der Waals surface area contributed by atoms with E-state index in [-0.39, 0.29) is 17.1 Å². The quantitative estimate of drug-likeness (QED) is 0.262. The van der Waals surface area contributed by atoms with Gasteiger partial charge in [0, 0.05) is 23.9 Å². The minimum absolute atomic E-state index is 0.259. The molecule has 0 fully saturated rings. The Bertz CT molecular complexity index is 995. The van der Waals surface area contributed by atoms with Gasteiger partial charge >= 0.3 is 5.97 Å². The molecule has 0 radical (unpaired) electrons. The monoisotopic (exact) mass is 447 g/mol. The summed E-state index contributed by atoms with van der Waals surface area (Å²) in [6.07, 6.45) is 2.00. The van der Waals surface area contributed by atoms with Gasteiger partial charge in [0.2, 0.25) is 11.6 Å². The highest BCUT2D eigenvalue weighted by atomic mass is 16.5. The number of nitrogen functional groups attached to an aromatic ring is 1. The third-order valence-corrected chi connectivity index (χ3v) is 5.19. The Morgan fingerprint density at radius 1 is 0.788 bits per heavy atom. The Morgan fingerprint density at radius 3 is 1.61 bits per heavy atom. The largest absolute Gasteiger partial charge is 0.478 e. The maximum atomic E-state index is 13.1. The van der Waals surface area contributed by atoms with Crippen LogP contribution in [0.25, 0.3) is 0 Å². The maximum Gasteiger partial charge on any atom is 0.335 e. The number of unbranched alkanes of at least 4 members (excludes halogenated alkanes) is 1. The second-order valence-electron chi connectivity index (χ2n) is 7.45. The first-order valence-electron chi connectivity index (χ1n) is 10.7. The van der Waals surface area contributed by atoms with Gasteiger partial charge in [0.25, 0.3) is 0 Å². The molecule has 6 heteroatoms. The first kappa shape index (κ1) is 25.5. The van der Waals surface area contributed by atoms with Crippen molar-refractivity contribution in [1.82, 2.24) is 0 Å². The number of carboxylic acids is 1. The maximum absolute atomic E-state index is 13.1. The van der Waals surface area contributed by atoms with E-state index in [0.717, 1.165) is 12.8 Å². The Hall–Kier alpha value is -3.77. The van der Waals surface area contributed by atoms with Crippen molar-refractivity contribution in [3.05, 3.63) is 102 Å². The highest BCUT2D eigenvalue weighted by Gasteiger charge is 2.46. The predicted octanol–water partition coefficient (Wildman–Crippen LogP) is 5.29. The molecule has 3 aromatic carbocycles. The molecular formula is C27H29NO5. The van der Waals surface area contributed by atoms with Gasteiger partial charge in [-0.2, -0.15) is 0 Å². The van der Waals surface area contributed by atoms with Crippen LogP contribution < -0.4 is 5.73 Å². The van der Waals surface area contributed by atoms with E-state index in [1.165, 1.54) is 19.2 Å². The summed E-state index contributed by atoms with van der Waals surface area (Å²) in [4.78, 5) is 36.4. The van der Waals surface area contributed by atoms with Crippen LogP contribution in [0.4, 0.5) is 5.69 Å². The molecule has 0 atom stereocenters. The van der Waals surface area contributed by atoms with Crippen molar-refractivity contribution >= 4 is 23.2 Å². The van der Waals surface area contributed by atoms with Crippen molar-refractivity contribution in [3.8, 4) is 0 Å². The topological polar surface area (TPSA) is 107 Å². The molecule has 0 unspecified atom stereocenters. The van der Waals surface area contributed by atoms with E-state index in [1.807, 2.05) is 19.1 Å². The second kappa shape index (κ2) is 12.3. The summed E-state index contributed by atoms with van der Waals surface area (Å²) < 4.78 is 5.57. The van der Waals surface area contributed by atoms with Crippen LogP contribution in [0.1, 0.15) is 57.3 Å². The fraction of sp³-hybridized carbons (Fsp3) is 0.222. The molecule has 33 heavy (non-hydrogen) atoms. The van der Waals surface area contributed by atoms with E-state index in [0.29, 0.717) is 23.2 Å². The fourth-order valence-electron chi connectivity index (χ4n) is 3.31. The molecule has 3 rings (SSSR count). The molecule has 0 aliphatic carbocycles. The molecule has 0 aromatic heterocycles. The number of nitrogens with two attached hydrogens (primary N) is 1. The zero-order chi connectivity index (χ0) is 24.3. The number of benzene rings is 3. The van der Waals surface area contributed by atoms with Gasteiger partial charge in [0.05, 0.1) is 5.56 Å². The number of carboxylic acid groups (broad SMARTS) is 1. The molecule has 0 aliphatic rings. The summed E-state index contributed by atoms with van der Waals surface area (Å²) in [6.45, 7) is 2.03. The van der Waals surface area contributed by atoms with Crippen LogP contribution >= 0.6 is 0 Å². The lowest BCUT2D eigenvalue weighted by atomic mass is 9.81. The van der Waals surface area contributed by atoms with Crippen LogP contribution in [0.5, 0.6) is 0 Å². The van der Waals surface area contributed by atoms with Crippen molar-refractivity contribution in [2.45, 2.75) is 31.8 Å². The summed E-state index contributed by atoms with van der Waals surface area (Å²) in [5, 5.41) is 8.43. The van der Waals surface area contributed by atoms with Crippen LogP contribution in [0.2, 0.25) is 0 Å². The molecule has 0 aliphatic heterocycles. The zero-order valence-electron chi connectivity index (χ0n) is 18.9. The van der Waals surface area contributed by atoms with Crippen LogP contribution in [0.3, 0.4) is 0 Å². The number of ketones is 2. The normalized spacial score (nSPS) is 10.6. The summed E-state index contributed by atoms with van der Waals surface area (Å²) >= 11 is 0. The lowest BCUT2D eigenvalue weighted by molar-refractivity contribution is 0.00383. The number of Topliss-reactive ketones (excluding diaryl/α,β-unsaturated/α-hetero) is 2. The van der Waals surface area contributed by atoms with E-state index in [1.54, 1.807) is 60.7 Å². The minimum Gasteiger partial charge on any atom is -0.478 e. The van der Waals surface area contributed by atoms with E-state index < -0.39 is 11.6 Å². The number of hydrogen-bond donors (Lipinski definition) is 2. The van der Waals surface area contributed by atoms with Crippen molar-refractivity contribution < 1.29 is 24.2 Å². The number of rotatable bonds is 9. The van der Waals surface area contributed by atoms with Crippen molar-refractivity contribution in [1.29, 1.82) is 0 Å². The van der Waals surface area contributed by atoms with E-state index in [9.17, 15) is 14.4 Å². The van der Waals surface area contributed by atoms with Crippen LogP contribution in [0.15, 0.2) is 84.9 Å². The van der Waals surface area contributed by atoms with Crippen molar-refractivity contribution in [3.63, 3.8) is 0 Å². The van der Waals surface area contributed by atoms with Gasteiger partial charge in [-0.15, -0.1) is 0 Å². The third kappa shape index (κ3) is 6.60. The van der Waals surface area contributed by atoms with E-state index in [4.69, 9.17) is 15.6 Å². The molecule has 0 amide bonds. The first-order valence-corrected chi connectivity index (χ1v) is 10.7. The van der Waals surface area contributed by atoms with E-state index in [2.05, 4.69) is 0 Å². The molecule has 3 N–H and O–H groups in total. The SMILES string of the molecule is CCCCC(OC)(C(=O)c1ccccc1)C(=O)c1ccccc1.Nc1ccc(C(=O)O)cc1. The Labute approximate surface area is 194 Å². The molecule has 0 saturated carbocycles. The summed E-state index contributed by atoms with van der Waals surface area (Å²) in [6, 6.07) is 23.8. The van der Waals surface area contributed by atoms with Gasteiger partial charge in [0.15, 0.2) is 5.60 Å². The number of hydrogen-bond acceptors (Lipinski definition) is 5. The lowest BCUT2D eigenvalue weighted by Gasteiger charge is -2.29. The lowest BCUT2D eigenvalue weighted by Crippen LogP contribution is -2.48. The average molecular weight is 448 g/mol. The van der Waals surface area contributed by atoms with Crippen LogP contribution in [-0.4, -0.2) is 35.4 Å². The van der Waals surface area contributed by atoms with E-state index >= 15 is 0 Å². The van der Waals surface area contributed by atoms with Gasteiger partial charge in [-0.3, -0.25) is 9.59 Å². The number of ether oxygens (including phenoxy) is 1. The molecule has 6 nitrogen and oxygen atoms in total. The molecule has 3 aromatic rings. The van der Waals surface area contributed by atoms with Crippen LogP contribution in [0, 0.1) is 0 Å². The summed E-state index contributed by atoms with van der Waals surface area (Å²) in [5.74, 6) is -1.48. The zero-order valence-corrected chi connectivity index (χ0v) is 18.9. The van der Waals surface area contributed by atoms with Crippen molar-refractivity contribution in [2.75, 3.05) is 12.8 Å². The molecule has 0 saturated heterocycles. The average Bonchev–Trinajstić information content (AvgIpc) is 2.86. The van der Waals surface area contributed by atoms with Gasteiger partial charge in [-0.25, -0.2) is 4.79 Å². The number of carbonyl (C=O) groups excluding carboxylic acids is 2. The molecule has 0 heterocycles. The molecule has 0 spiro atoms. The molecule has 172 valence electrons.